The van der Waals surface area contributed by atoms with Crippen LogP contribution < -0.4 is 10.6 Å². The van der Waals surface area contributed by atoms with Gasteiger partial charge in [0.05, 0.1) is 5.69 Å². The summed E-state index contributed by atoms with van der Waals surface area (Å²) in [6.45, 7) is 4.92. The van der Waals surface area contributed by atoms with E-state index in [0.29, 0.717) is 12.5 Å². The van der Waals surface area contributed by atoms with Crippen LogP contribution in [0.3, 0.4) is 0 Å². The van der Waals surface area contributed by atoms with Crippen LogP contribution in [0.2, 0.25) is 0 Å². The number of aromatic nitrogens is 2. The number of carbonyl (C=O) groups excluding carboxylic acids is 1. The monoisotopic (exact) mass is 404 g/mol. The van der Waals surface area contributed by atoms with E-state index in [-0.39, 0.29) is 11.3 Å². The van der Waals surface area contributed by atoms with Crippen LogP contribution in [-0.4, -0.2) is 28.7 Å². The Labute approximate surface area is 175 Å². The third kappa shape index (κ3) is 4.12. The Hall–Kier alpha value is -2.86. The summed E-state index contributed by atoms with van der Waals surface area (Å²) < 4.78 is 0. The van der Waals surface area contributed by atoms with Gasteiger partial charge in [-0.15, -0.1) is 0 Å². The Morgan fingerprint density at radius 3 is 2.86 bits per heavy atom. The lowest BCUT2D eigenvalue weighted by molar-refractivity contribution is 0.0930. The van der Waals surface area contributed by atoms with Crippen molar-refractivity contribution in [2.75, 3.05) is 18.1 Å². The second-order valence-electron chi connectivity index (χ2n) is 7.85. The van der Waals surface area contributed by atoms with E-state index in [4.69, 9.17) is 4.98 Å². The van der Waals surface area contributed by atoms with Gasteiger partial charge in [0.1, 0.15) is 0 Å². The minimum atomic E-state index is -0.120. The van der Waals surface area contributed by atoms with Gasteiger partial charge in [0.25, 0.3) is 5.91 Å². The molecule has 0 aliphatic carbocycles. The molecule has 2 aromatic carbocycles. The van der Waals surface area contributed by atoms with Crippen molar-refractivity contribution in [1.82, 2.24) is 15.3 Å². The van der Waals surface area contributed by atoms with Gasteiger partial charge in [0, 0.05) is 40.7 Å². The third-order valence-electron chi connectivity index (χ3n) is 5.13. The Bertz CT molecular complexity index is 1060. The average molecular weight is 405 g/mol. The molecule has 5 nitrogen and oxygen atoms in total. The molecule has 148 valence electrons. The normalized spacial score (nSPS) is 14.8. The zero-order valence-electron chi connectivity index (χ0n) is 16.8. The molecule has 0 radical (unpaired) electrons. The number of anilines is 2. The van der Waals surface area contributed by atoms with Crippen LogP contribution in [0.4, 0.5) is 11.6 Å². The van der Waals surface area contributed by atoms with E-state index in [9.17, 15) is 4.79 Å². The number of thioether (sulfide) groups is 1. The molecule has 4 rings (SSSR count). The van der Waals surface area contributed by atoms with Crippen LogP contribution in [0.5, 0.6) is 0 Å². The van der Waals surface area contributed by atoms with Crippen molar-refractivity contribution in [3.05, 3.63) is 71.4 Å². The van der Waals surface area contributed by atoms with Crippen LogP contribution in [0.1, 0.15) is 35.3 Å². The molecule has 29 heavy (non-hydrogen) atoms. The van der Waals surface area contributed by atoms with Crippen molar-refractivity contribution in [3.8, 4) is 11.3 Å². The molecule has 2 N–H and O–H groups in total. The number of nitrogens with one attached hydrogen (secondary N) is 2. The van der Waals surface area contributed by atoms with E-state index >= 15 is 0 Å². The number of rotatable bonds is 5. The van der Waals surface area contributed by atoms with Crippen LogP contribution in [0.15, 0.2) is 54.7 Å². The topological polar surface area (TPSA) is 66.9 Å². The van der Waals surface area contributed by atoms with Gasteiger partial charge in [-0.25, -0.2) is 9.97 Å². The molecule has 6 heteroatoms. The first-order valence-electron chi connectivity index (χ1n) is 9.57. The van der Waals surface area contributed by atoms with Crippen LogP contribution in [-0.2, 0) is 11.2 Å². The van der Waals surface area contributed by atoms with E-state index in [1.807, 2.05) is 30.3 Å². The lowest BCUT2D eigenvalue weighted by Gasteiger charge is -2.32. The number of benzene rings is 2. The Kier molecular flexibility index (Phi) is 5.28. The van der Waals surface area contributed by atoms with E-state index < -0.39 is 0 Å². The molecule has 1 aliphatic rings. The van der Waals surface area contributed by atoms with Crippen molar-refractivity contribution in [3.63, 3.8) is 0 Å². The molecule has 0 spiro atoms. The summed E-state index contributed by atoms with van der Waals surface area (Å²) >= 11 is 1.79. The molecule has 2 heterocycles. The van der Waals surface area contributed by atoms with E-state index in [2.05, 4.69) is 53.9 Å². The van der Waals surface area contributed by atoms with Gasteiger partial charge >= 0.3 is 0 Å². The molecular weight excluding hydrogens is 380 g/mol. The lowest BCUT2D eigenvalue weighted by atomic mass is 9.78. The first-order valence-corrected chi connectivity index (χ1v) is 11.0. The molecule has 0 saturated heterocycles. The van der Waals surface area contributed by atoms with Crippen molar-refractivity contribution < 1.29 is 4.79 Å². The number of hydrogen-bond acceptors (Lipinski definition) is 5. The van der Waals surface area contributed by atoms with E-state index in [1.165, 1.54) is 5.56 Å². The summed E-state index contributed by atoms with van der Waals surface area (Å²) in [5.74, 6) is 1.51. The maximum absolute atomic E-state index is 12.2. The van der Waals surface area contributed by atoms with Crippen LogP contribution in [0.25, 0.3) is 11.3 Å². The summed E-state index contributed by atoms with van der Waals surface area (Å²) in [5, 5.41) is 6.26. The predicted octanol–water partition coefficient (Wildman–Crippen LogP) is 4.77. The van der Waals surface area contributed by atoms with Gasteiger partial charge in [0.2, 0.25) is 5.95 Å². The number of hydrogen-bond donors (Lipinski definition) is 2. The van der Waals surface area contributed by atoms with Crippen molar-refractivity contribution in [2.24, 2.45) is 0 Å². The van der Waals surface area contributed by atoms with Gasteiger partial charge in [-0.1, -0.05) is 32.0 Å². The summed E-state index contributed by atoms with van der Waals surface area (Å²) in [4.78, 5) is 21.3. The summed E-state index contributed by atoms with van der Waals surface area (Å²) in [6.07, 6.45) is 3.85. The zero-order valence-corrected chi connectivity index (χ0v) is 17.6. The molecule has 0 bridgehead atoms. The summed E-state index contributed by atoms with van der Waals surface area (Å²) in [6, 6.07) is 16.1. The lowest BCUT2D eigenvalue weighted by Crippen LogP contribution is -2.43. The largest absolute Gasteiger partial charge is 0.351 e. The fourth-order valence-corrected chi connectivity index (χ4v) is 4.08. The Morgan fingerprint density at radius 2 is 2.03 bits per heavy atom. The van der Waals surface area contributed by atoms with Crippen LogP contribution >= 0.6 is 11.8 Å². The first-order chi connectivity index (χ1) is 14.0. The molecule has 1 aliphatic heterocycles. The zero-order chi connectivity index (χ0) is 20.4. The van der Waals surface area contributed by atoms with Gasteiger partial charge in [-0.2, -0.15) is 11.8 Å². The average Bonchev–Trinajstić information content (AvgIpc) is 2.72. The fraction of sp³-hybridized carbons (Fsp3) is 0.261. The molecular formula is C23H24N4OS. The van der Waals surface area contributed by atoms with Gasteiger partial charge in [0.15, 0.2) is 0 Å². The standard InChI is InChI=1S/C23H24N4OS/c1-23(2)14-25-21(28)18-8-7-16(12-19(18)23)20-9-10-24-22(27-20)26-17-6-4-5-15(11-17)13-29-3/h4-12H,13-14H2,1-3H3,(H,25,28)(H,24,26,27). The summed E-state index contributed by atoms with van der Waals surface area (Å²) in [7, 11) is 0. The highest BCUT2D eigenvalue weighted by molar-refractivity contribution is 7.97. The molecule has 0 unspecified atom stereocenters. The number of carbonyl (C=O) groups is 1. The molecule has 0 saturated carbocycles. The highest BCUT2D eigenvalue weighted by Crippen LogP contribution is 2.33. The third-order valence-corrected chi connectivity index (χ3v) is 5.75. The van der Waals surface area contributed by atoms with Gasteiger partial charge in [-0.05, 0) is 47.7 Å². The van der Waals surface area contributed by atoms with E-state index in [0.717, 1.165) is 33.8 Å². The minimum Gasteiger partial charge on any atom is -0.351 e. The number of fused-ring (bicyclic) bond motifs is 1. The van der Waals surface area contributed by atoms with Gasteiger partial charge in [-0.3, -0.25) is 4.79 Å². The van der Waals surface area contributed by atoms with Crippen LogP contribution in [0, 0.1) is 0 Å². The van der Waals surface area contributed by atoms with Crippen molar-refractivity contribution in [2.45, 2.75) is 25.0 Å². The second-order valence-corrected chi connectivity index (χ2v) is 8.72. The Balaban J connectivity index is 1.64. The molecule has 1 amide bonds. The molecule has 0 fully saturated rings. The summed E-state index contributed by atoms with van der Waals surface area (Å²) in [5.41, 5.74) is 5.70. The quantitative estimate of drug-likeness (QED) is 0.641. The maximum atomic E-state index is 12.2. The Morgan fingerprint density at radius 1 is 1.17 bits per heavy atom. The fourth-order valence-electron chi connectivity index (χ4n) is 3.57. The minimum absolute atomic E-state index is 0.0129. The number of amides is 1. The highest BCUT2D eigenvalue weighted by Gasteiger charge is 2.31. The SMILES string of the molecule is CSCc1cccc(Nc2nccc(-c3ccc4c(c3)C(C)(C)CNC4=O)n2)c1. The molecule has 1 aromatic heterocycles. The van der Waals surface area contributed by atoms with Gasteiger partial charge < -0.3 is 10.6 Å². The molecule has 0 atom stereocenters. The predicted molar refractivity (Wildman–Crippen MR) is 120 cm³/mol. The number of nitrogens with zero attached hydrogens (tertiary/aromatic N) is 2. The first kappa shape index (κ1) is 19.5. The molecule has 3 aromatic rings. The van der Waals surface area contributed by atoms with Crippen molar-refractivity contribution >= 4 is 29.3 Å². The van der Waals surface area contributed by atoms with Crippen molar-refractivity contribution in [1.29, 1.82) is 0 Å². The maximum Gasteiger partial charge on any atom is 0.251 e. The smallest absolute Gasteiger partial charge is 0.251 e. The highest BCUT2D eigenvalue weighted by atomic mass is 32.2. The second kappa shape index (κ2) is 7.87. The van der Waals surface area contributed by atoms with E-state index in [1.54, 1.807) is 18.0 Å².